The standard InChI is InChI=1S/C15H20O2/c1-10-4-6-14(3)11(2)12-5-7-17-13(12)8-15(10,14)9-16/h5,7,9-11H,4,6,8H2,1-3H3. The van der Waals surface area contributed by atoms with Crippen LogP contribution in [0.15, 0.2) is 16.7 Å². The molecular weight excluding hydrogens is 212 g/mol. The summed E-state index contributed by atoms with van der Waals surface area (Å²) in [6, 6.07) is 2.09. The molecule has 0 saturated heterocycles. The monoisotopic (exact) mass is 232 g/mol. The molecular formula is C15H20O2. The lowest BCUT2D eigenvalue weighted by Crippen LogP contribution is -2.48. The van der Waals surface area contributed by atoms with Crippen molar-refractivity contribution in [3.63, 3.8) is 0 Å². The molecule has 2 heteroatoms. The zero-order valence-corrected chi connectivity index (χ0v) is 10.8. The number of carbonyl (C=O) groups excluding carboxylic acids is 1. The molecule has 0 spiro atoms. The minimum Gasteiger partial charge on any atom is -0.469 e. The molecule has 2 aliphatic carbocycles. The zero-order chi connectivity index (χ0) is 12.3. The molecule has 1 saturated carbocycles. The van der Waals surface area contributed by atoms with Crippen molar-refractivity contribution in [2.75, 3.05) is 0 Å². The lowest BCUT2D eigenvalue weighted by Gasteiger charge is -2.49. The lowest BCUT2D eigenvalue weighted by atomic mass is 9.53. The predicted molar refractivity (Wildman–Crippen MR) is 65.8 cm³/mol. The molecule has 2 aliphatic rings. The Kier molecular flexibility index (Phi) is 2.11. The summed E-state index contributed by atoms with van der Waals surface area (Å²) in [5, 5.41) is 0. The van der Waals surface area contributed by atoms with Crippen LogP contribution in [0.2, 0.25) is 0 Å². The van der Waals surface area contributed by atoms with Gasteiger partial charge in [-0.15, -0.1) is 0 Å². The number of hydrogen-bond acceptors (Lipinski definition) is 2. The molecule has 4 atom stereocenters. The van der Waals surface area contributed by atoms with Crippen molar-refractivity contribution in [3.05, 3.63) is 23.7 Å². The van der Waals surface area contributed by atoms with Gasteiger partial charge in [-0.25, -0.2) is 0 Å². The Hall–Kier alpha value is -1.05. The van der Waals surface area contributed by atoms with Crippen LogP contribution in [0.5, 0.6) is 0 Å². The van der Waals surface area contributed by atoms with Gasteiger partial charge in [0.1, 0.15) is 12.0 Å². The van der Waals surface area contributed by atoms with E-state index in [-0.39, 0.29) is 10.8 Å². The van der Waals surface area contributed by atoms with E-state index in [1.165, 1.54) is 11.8 Å². The van der Waals surface area contributed by atoms with E-state index in [9.17, 15) is 4.79 Å². The molecule has 1 heterocycles. The molecule has 0 bridgehead atoms. The van der Waals surface area contributed by atoms with Crippen LogP contribution in [0.4, 0.5) is 0 Å². The number of aldehydes is 1. The molecule has 0 radical (unpaired) electrons. The van der Waals surface area contributed by atoms with E-state index in [0.29, 0.717) is 11.8 Å². The number of furan rings is 1. The number of fused-ring (bicyclic) bond motifs is 2. The topological polar surface area (TPSA) is 30.2 Å². The fourth-order valence-electron chi connectivity index (χ4n) is 4.35. The van der Waals surface area contributed by atoms with Crippen molar-refractivity contribution in [3.8, 4) is 0 Å². The van der Waals surface area contributed by atoms with Crippen LogP contribution in [0.25, 0.3) is 0 Å². The van der Waals surface area contributed by atoms with Gasteiger partial charge in [0.05, 0.1) is 6.26 Å². The van der Waals surface area contributed by atoms with E-state index in [1.54, 1.807) is 6.26 Å². The highest BCUT2D eigenvalue weighted by atomic mass is 16.3. The van der Waals surface area contributed by atoms with Crippen LogP contribution in [0.1, 0.15) is 50.9 Å². The van der Waals surface area contributed by atoms with E-state index in [1.807, 2.05) is 0 Å². The summed E-state index contributed by atoms with van der Waals surface area (Å²) < 4.78 is 5.60. The van der Waals surface area contributed by atoms with Crippen molar-refractivity contribution >= 4 is 6.29 Å². The SMILES string of the molecule is CC1c2ccoc2CC2(C=O)C(C)CCC12C. The summed E-state index contributed by atoms with van der Waals surface area (Å²) in [6.07, 6.45) is 6.10. The van der Waals surface area contributed by atoms with E-state index in [2.05, 4.69) is 26.8 Å². The normalized spacial score (nSPS) is 44.2. The smallest absolute Gasteiger partial charge is 0.127 e. The quantitative estimate of drug-likeness (QED) is 0.693. The van der Waals surface area contributed by atoms with Crippen molar-refractivity contribution in [2.24, 2.45) is 16.7 Å². The molecule has 17 heavy (non-hydrogen) atoms. The van der Waals surface area contributed by atoms with Gasteiger partial charge in [-0.05, 0) is 41.7 Å². The van der Waals surface area contributed by atoms with Crippen LogP contribution >= 0.6 is 0 Å². The first-order chi connectivity index (χ1) is 8.05. The van der Waals surface area contributed by atoms with Gasteiger partial charge in [-0.1, -0.05) is 20.8 Å². The third-order valence-electron chi connectivity index (χ3n) is 5.90. The second-order valence-electron chi connectivity index (χ2n) is 6.21. The molecule has 0 aromatic carbocycles. The summed E-state index contributed by atoms with van der Waals surface area (Å²) >= 11 is 0. The van der Waals surface area contributed by atoms with Gasteiger partial charge < -0.3 is 9.21 Å². The molecule has 0 N–H and O–H groups in total. The fraction of sp³-hybridized carbons (Fsp3) is 0.667. The van der Waals surface area contributed by atoms with Gasteiger partial charge in [-0.3, -0.25) is 0 Å². The summed E-state index contributed by atoms with van der Waals surface area (Å²) in [5.74, 6) is 1.92. The van der Waals surface area contributed by atoms with Crippen molar-refractivity contribution < 1.29 is 9.21 Å². The van der Waals surface area contributed by atoms with E-state index in [4.69, 9.17) is 4.42 Å². The third-order valence-corrected chi connectivity index (χ3v) is 5.90. The Morgan fingerprint density at radius 1 is 1.47 bits per heavy atom. The molecule has 3 rings (SSSR count). The average molecular weight is 232 g/mol. The lowest BCUT2D eigenvalue weighted by molar-refractivity contribution is -0.126. The van der Waals surface area contributed by atoms with Gasteiger partial charge in [0, 0.05) is 11.8 Å². The second kappa shape index (κ2) is 3.24. The van der Waals surface area contributed by atoms with Crippen LogP contribution in [0, 0.1) is 16.7 Å². The van der Waals surface area contributed by atoms with Gasteiger partial charge in [0.2, 0.25) is 0 Å². The Bertz CT molecular complexity index is 461. The van der Waals surface area contributed by atoms with Gasteiger partial charge in [-0.2, -0.15) is 0 Å². The first-order valence-corrected chi connectivity index (χ1v) is 6.58. The Balaban J connectivity index is 2.20. The highest BCUT2D eigenvalue weighted by Gasteiger charge is 2.61. The van der Waals surface area contributed by atoms with E-state index >= 15 is 0 Å². The van der Waals surface area contributed by atoms with E-state index in [0.717, 1.165) is 25.0 Å². The first kappa shape index (κ1) is 11.1. The highest BCUT2D eigenvalue weighted by molar-refractivity contribution is 5.65. The minimum atomic E-state index is -0.211. The highest BCUT2D eigenvalue weighted by Crippen LogP contribution is 2.65. The molecule has 4 unspecified atom stereocenters. The second-order valence-corrected chi connectivity index (χ2v) is 6.21. The number of carbonyl (C=O) groups is 1. The van der Waals surface area contributed by atoms with Gasteiger partial charge in [0.15, 0.2) is 0 Å². The third kappa shape index (κ3) is 1.09. The van der Waals surface area contributed by atoms with Crippen molar-refractivity contribution in [1.29, 1.82) is 0 Å². The summed E-state index contributed by atoms with van der Waals surface area (Å²) in [5.41, 5.74) is 1.21. The Morgan fingerprint density at radius 2 is 2.24 bits per heavy atom. The van der Waals surface area contributed by atoms with Crippen molar-refractivity contribution in [2.45, 2.75) is 46.0 Å². The number of hydrogen-bond donors (Lipinski definition) is 0. The molecule has 0 aliphatic heterocycles. The maximum Gasteiger partial charge on any atom is 0.127 e. The fourth-order valence-corrected chi connectivity index (χ4v) is 4.35. The maximum atomic E-state index is 11.8. The van der Waals surface area contributed by atoms with Crippen LogP contribution in [-0.4, -0.2) is 6.29 Å². The largest absolute Gasteiger partial charge is 0.469 e. The van der Waals surface area contributed by atoms with Crippen LogP contribution < -0.4 is 0 Å². The van der Waals surface area contributed by atoms with Gasteiger partial charge >= 0.3 is 0 Å². The summed E-state index contributed by atoms with van der Waals surface area (Å²) in [4.78, 5) is 11.8. The average Bonchev–Trinajstić information content (AvgIpc) is 2.87. The van der Waals surface area contributed by atoms with Gasteiger partial charge in [0.25, 0.3) is 0 Å². The molecule has 2 nitrogen and oxygen atoms in total. The maximum absolute atomic E-state index is 11.8. The molecule has 0 amide bonds. The number of rotatable bonds is 1. The molecule has 1 aromatic rings. The minimum absolute atomic E-state index is 0.102. The van der Waals surface area contributed by atoms with E-state index < -0.39 is 0 Å². The Morgan fingerprint density at radius 3 is 2.94 bits per heavy atom. The Labute approximate surface area is 102 Å². The van der Waals surface area contributed by atoms with Crippen LogP contribution in [0.3, 0.4) is 0 Å². The van der Waals surface area contributed by atoms with Crippen LogP contribution in [-0.2, 0) is 11.2 Å². The molecule has 1 aromatic heterocycles. The molecule has 1 fully saturated rings. The first-order valence-electron chi connectivity index (χ1n) is 6.58. The summed E-state index contributed by atoms with van der Waals surface area (Å²) in [7, 11) is 0. The molecule has 92 valence electrons. The van der Waals surface area contributed by atoms with Crippen molar-refractivity contribution in [1.82, 2.24) is 0 Å². The zero-order valence-electron chi connectivity index (χ0n) is 10.8. The summed E-state index contributed by atoms with van der Waals surface area (Å²) in [6.45, 7) is 6.77. The predicted octanol–water partition coefficient (Wildman–Crippen LogP) is 3.56.